The van der Waals surface area contributed by atoms with Crippen molar-refractivity contribution in [1.82, 2.24) is 4.57 Å². The summed E-state index contributed by atoms with van der Waals surface area (Å²) in [6, 6.07) is 11.7. The number of carbonyl (C=O) groups excluding carboxylic acids is 1. The number of carbonyl (C=O) groups is 1. The van der Waals surface area contributed by atoms with Gasteiger partial charge in [0.25, 0.3) is 0 Å². The zero-order valence-corrected chi connectivity index (χ0v) is 12.2. The highest BCUT2D eigenvalue weighted by Crippen LogP contribution is 2.26. The second-order valence-corrected chi connectivity index (χ2v) is 6.24. The summed E-state index contributed by atoms with van der Waals surface area (Å²) in [5.41, 5.74) is -0.0694. The number of fused-ring (bicyclic) bond motifs is 1. The fraction of sp³-hybridized carbons (Fsp3) is 0.214. The number of aromatic nitrogens is 1. The lowest BCUT2D eigenvalue weighted by molar-refractivity contribution is -0.115. The van der Waals surface area contributed by atoms with E-state index in [-0.39, 0.29) is 5.12 Å². The second-order valence-electron chi connectivity index (χ2n) is 4.64. The van der Waals surface area contributed by atoms with Crippen molar-refractivity contribution in [1.29, 1.82) is 5.26 Å². The topological polar surface area (TPSA) is 45.8 Å². The minimum atomic E-state index is -1.03. The van der Waals surface area contributed by atoms with Gasteiger partial charge in [-0.2, -0.15) is 5.26 Å². The van der Waals surface area contributed by atoms with Crippen LogP contribution < -0.4 is 0 Å². The highest BCUT2D eigenvalue weighted by molar-refractivity contribution is 8.32. The summed E-state index contributed by atoms with van der Waals surface area (Å²) >= 11 is 6.23. The van der Waals surface area contributed by atoms with Gasteiger partial charge in [0.1, 0.15) is 5.41 Å². The van der Waals surface area contributed by atoms with Gasteiger partial charge in [-0.05, 0) is 43.1 Å². The van der Waals surface area contributed by atoms with Gasteiger partial charge in [-0.1, -0.05) is 30.4 Å². The van der Waals surface area contributed by atoms with Crippen LogP contribution in [-0.4, -0.2) is 14.0 Å². The first-order chi connectivity index (χ1) is 8.95. The van der Waals surface area contributed by atoms with Gasteiger partial charge in [-0.15, -0.1) is 0 Å². The standard InChI is InChI=1S/C14H12N2OS2/c1-14(2,9-15)12(17)19-13(18)16-8-7-10-5-3-4-6-11(10)16/h3-8H,1-2H3. The predicted octanol–water partition coefficient (Wildman–Crippen LogP) is 3.58. The maximum absolute atomic E-state index is 12.0. The Morgan fingerprint density at radius 3 is 2.74 bits per heavy atom. The number of rotatable bonds is 1. The number of thiocarbonyl (C=S) groups is 1. The molecule has 0 N–H and O–H groups in total. The maximum Gasteiger partial charge on any atom is 0.215 e. The zero-order valence-electron chi connectivity index (χ0n) is 10.6. The molecule has 0 radical (unpaired) electrons. The third-order valence-electron chi connectivity index (χ3n) is 2.77. The molecule has 1 aromatic heterocycles. The first-order valence-corrected chi connectivity index (χ1v) is 6.92. The quantitative estimate of drug-likeness (QED) is 0.752. The fourth-order valence-corrected chi connectivity index (χ4v) is 2.65. The smallest absolute Gasteiger partial charge is 0.215 e. The molecule has 0 aliphatic heterocycles. The zero-order chi connectivity index (χ0) is 14.0. The SMILES string of the molecule is CC(C)(C#N)C(=O)SC(=S)n1ccc2ccccc21. The molecule has 1 heterocycles. The summed E-state index contributed by atoms with van der Waals surface area (Å²) in [6.45, 7) is 3.19. The Morgan fingerprint density at radius 1 is 1.37 bits per heavy atom. The first kappa shape index (κ1) is 13.8. The molecule has 0 spiro atoms. The summed E-state index contributed by atoms with van der Waals surface area (Å²) in [7, 11) is 0. The second kappa shape index (κ2) is 5.16. The van der Waals surface area contributed by atoms with Gasteiger partial charge in [-0.25, -0.2) is 0 Å². The third-order valence-corrected chi connectivity index (χ3v) is 4.28. The maximum atomic E-state index is 12.0. The lowest BCUT2D eigenvalue weighted by Crippen LogP contribution is -2.21. The Bertz CT molecular complexity index is 695. The largest absolute Gasteiger partial charge is 0.302 e. The number of hydrogen-bond acceptors (Lipinski definition) is 4. The molecule has 3 nitrogen and oxygen atoms in total. The van der Waals surface area contributed by atoms with Gasteiger partial charge >= 0.3 is 0 Å². The molecule has 0 aliphatic carbocycles. The van der Waals surface area contributed by atoms with Crippen LogP contribution in [-0.2, 0) is 4.79 Å². The van der Waals surface area contributed by atoms with Crippen molar-refractivity contribution < 1.29 is 4.79 Å². The molecule has 19 heavy (non-hydrogen) atoms. The Hall–Kier alpha value is -1.64. The first-order valence-electron chi connectivity index (χ1n) is 5.69. The molecule has 96 valence electrons. The van der Waals surface area contributed by atoms with E-state index in [2.05, 4.69) is 0 Å². The minimum absolute atomic E-state index is 0.238. The molecule has 0 amide bonds. The summed E-state index contributed by atoms with van der Waals surface area (Å²) in [6.07, 6.45) is 1.84. The Balaban J connectivity index is 2.27. The number of thioether (sulfide) groups is 1. The van der Waals surface area contributed by atoms with Crippen LogP contribution in [0.1, 0.15) is 13.8 Å². The minimum Gasteiger partial charge on any atom is -0.302 e. The molecule has 2 aromatic rings. The fourth-order valence-electron chi connectivity index (χ4n) is 1.54. The lowest BCUT2D eigenvalue weighted by Gasteiger charge is -2.13. The Kier molecular flexibility index (Phi) is 3.74. The number of hydrogen-bond donors (Lipinski definition) is 0. The van der Waals surface area contributed by atoms with Crippen molar-refractivity contribution in [3.63, 3.8) is 0 Å². The van der Waals surface area contributed by atoms with E-state index < -0.39 is 5.41 Å². The van der Waals surface area contributed by atoms with Gasteiger partial charge in [0, 0.05) is 6.20 Å². The lowest BCUT2D eigenvalue weighted by atomic mass is 9.98. The molecular formula is C14H12N2OS2. The number of nitrogens with zero attached hydrogens (tertiary/aromatic N) is 2. The van der Waals surface area contributed by atoms with Crippen LogP contribution in [0.25, 0.3) is 10.9 Å². The van der Waals surface area contributed by atoms with Crippen LogP contribution >= 0.6 is 24.0 Å². The van der Waals surface area contributed by atoms with Gasteiger partial charge in [0.15, 0.2) is 4.32 Å². The van der Waals surface area contributed by atoms with E-state index in [9.17, 15) is 4.79 Å². The van der Waals surface area contributed by atoms with Crippen LogP contribution in [0, 0.1) is 16.7 Å². The van der Waals surface area contributed by atoms with E-state index in [1.807, 2.05) is 42.6 Å². The van der Waals surface area contributed by atoms with Crippen LogP contribution in [0.4, 0.5) is 0 Å². The van der Waals surface area contributed by atoms with Crippen molar-refractivity contribution in [2.45, 2.75) is 13.8 Å². The van der Waals surface area contributed by atoms with Crippen LogP contribution in [0.2, 0.25) is 0 Å². The highest BCUT2D eigenvalue weighted by Gasteiger charge is 2.29. The van der Waals surface area contributed by atoms with Crippen molar-refractivity contribution in [3.05, 3.63) is 36.5 Å². The predicted molar refractivity (Wildman–Crippen MR) is 81.9 cm³/mol. The summed E-state index contributed by atoms with van der Waals surface area (Å²) in [4.78, 5) is 12.0. The highest BCUT2D eigenvalue weighted by atomic mass is 32.2. The molecule has 0 saturated carbocycles. The van der Waals surface area contributed by atoms with E-state index in [4.69, 9.17) is 17.5 Å². The Labute approximate surface area is 121 Å². The molecule has 0 atom stereocenters. The van der Waals surface area contributed by atoms with Crippen molar-refractivity contribution >= 4 is 44.3 Å². The van der Waals surface area contributed by atoms with Crippen molar-refractivity contribution in [3.8, 4) is 6.07 Å². The van der Waals surface area contributed by atoms with Crippen LogP contribution in [0.5, 0.6) is 0 Å². The molecule has 0 aliphatic rings. The van der Waals surface area contributed by atoms with E-state index in [0.29, 0.717) is 4.32 Å². The number of para-hydroxylation sites is 1. The molecule has 2 rings (SSSR count). The summed E-state index contributed by atoms with van der Waals surface area (Å²) in [5.74, 6) is 0. The van der Waals surface area contributed by atoms with Crippen molar-refractivity contribution in [2.75, 3.05) is 0 Å². The average molecular weight is 288 g/mol. The molecule has 1 aromatic carbocycles. The Morgan fingerprint density at radius 2 is 2.05 bits per heavy atom. The van der Waals surface area contributed by atoms with E-state index in [1.54, 1.807) is 18.4 Å². The molecule has 0 saturated heterocycles. The molecule has 0 fully saturated rings. The van der Waals surface area contributed by atoms with Crippen LogP contribution in [0.15, 0.2) is 36.5 Å². The summed E-state index contributed by atoms with van der Waals surface area (Å²) < 4.78 is 2.23. The number of nitriles is 1. The average Bonchev–Trinajstić information content (AvgIpc) is 2.82. The monoisotopic (exact) mass is 288 g/mol. The van der Waals surface area contributed by atoms with Gasteiger partial charge in [0.2, 0.25) is 5.12 Å². The number of benzene rings is 1. The summed E-state index contributed by atoms with van der Waals surface area (Å²) in [5, 5.41) is 9.77. The van der Waals surface area contributed by atoms with Gasteiger partial charge < -0.3 is 4.57 Å². The van der Waals surface area contributed by atoms with Gasteiger partial charge in [-0.3, -0.25) is 4.79 Å². The van der Waals surface area contributed by atoms with Crippen LogP contribution in [0.3, 0.4) is 0 Å². The van der Waals surface area contributed by atoms with E-state index in [1.165, 1.54) is 0 Å². The van der Waals surface area contributed by atoms with E-state index in [0.717, 1.165) is 22.7 Å². The van der Waals surface area contributed by atoms with Crippen molar-refractivity contribution in [2.24, 2.45) is 5.41 Å². The normalized spacial score (nSPS) is 11.2. The van der Waals surface area contributed by atoms with Gasteiger partial charge in [0.05, 0.1) is 11.6 Å². The third kappa shape index (κ3) is 2.70. The molecular weight excluding hydrogens is 276 g/mol. The molecule has 0 unspecified atom stereocenters. The van der Waals surface area contributed by atoms with E-state index >= 15 is 0 Å². The molecule has 5 heteroatoms. The molecule has 0 bridgehead atoms.